The molecule has 0 saturated carbocycles. The van der Waals surface area contributed by atoms with Crippen molar-refractivity contribution >= 4 is 79.0 Å². The van der Waals surface area contributed by atoms with E-state index in [-0.39, 0.29) is 54.7 Å². The first-order valence-electron chi connectivity index (χ1n) is 40.0. The van der Waals surface area contributed by atoms with Crippen molar-refractivity contribution in [3.63, 3.8) is 0 Å². The van der Waals surface area contributed by atoms with E-state index in [0.29, 0.717) is 5.69 Å². The second kappa shape index (κ2) is 23.4. The molecule has 0 fully saturated rings. The number of hydrogen-bond donors (Lipinski definition) is 0. The zero-order valence-corrected chi connectivity index (χ0v) is 58.7. The van der Waals surface area contributed by atoms with Gasteiger partial charge < -0.3 is 14.4 Å². The Morgan fingerprint density at radius 1 is 0.337 bits per heavy atom. The maximum absolute atomic E-state index is 12.0. The van der Waals surface area contributed by atoms with E-state index in [0.717, 1.165) is 106 Å². The quantitative estimate of drug-likeness (QED) is 0.142. The topological polar surface area (TPSA) is 35.2 Å². The van der Waals surface area contributed by atoms with Crippen LogP contribution >= 0.6 is 0 Å². The van der Waals surface area contributed by atoms with Crippen molar-refractivity contribution in [3.05, 3.63) is 288 Å². The van der Waals surface area contributed by atoms with Gasteiger partial charge in [-0.3, -0.25) is 0 Å². The zero-order valence-electron chi connectivity index (χ0n) is 70.7. The number of fused-ring (bicyclic) bond motifs is 7. The number of hydrogen-bond acceptors (Lipinski definition) is 3. The number of aromatic nitrogens is 1. The molecule has 1 aromatic heterocycles. The Bertz CT molecular complexity index is 6030. The summed E-state index contributed by atoms with van der Waals surface area (Å²) >= 11 is 0. The molecule has 2 aliphatic heterocycles. The number of benzene rings is 12. The highest BCUT2D eigenvalue weighted by molar-refractivity contribution is 7.00. The molecule has 0 radical (unpaired) electrons. The molecular formula is C93H87BN4. The predicted molar refractivity (Wildman–Crippen MR) is 420 cm³/mol. The van der Waals surface area contributed by atoms with Crippen molar-refractivity contribution in [2.75, 3.05) is 9.80 Å². The fourth-order valence-corrected chi connectivity index (χ4v) is 14.2. The third-order valence-electron chi connectivity index (χ3n) is 19.9. The van der Waals surface area contributed by atoms with E-state index in [2.05, 4.69) is 271 Å². The lowest BCUT2D eigenvalue weighted by Crippen LogP contribution is -2.61. The lowest BCUT2D eigenvalue weighted by molar-refractivity contribution is 0.568. The highest BCUT2D eigenvalue weighted by atomic mass is 15.2. The molecule has 0 N–H and O–H groups in total. The lowest BCUT2D eigenvalue weighted by Gasteiger charge is -2.46. The predicted octanol–water partition coefficient (Wildman–Crippen LogP) is 23.6. The molecule has 0 bridgehead atoms. The summed E-state index contributed by atoms with van der Waals surface area (Å²) < 4.78 is 113. The zero-order chi connectivity index (χ0) is 79.0. The monoisotopic (exact) mass is 1280 g/mol. The fraction of sp³-hybridized carbons (Fsp3) is 0.215. The standard InChI is InChI=1S/C93H87BN4/c1-89(2,3)69-45-67(46-70(53-69)90(4,5)6)64-37-42-78-84(51-64)97(81-44-39-62(59-27-19-16-20-28-59)49-77(81)61-31-23-18-24-32-61)86-55-73(93(13,14)15)56-87-88(86)94(78)79-43-38-65(68-47-71(91(7,8)9)54-72(48-68)92(10,11)12)52-85(79)98(87)82-57-74(40-35-66(82)58-95)96-80-34-26-25-33-75(80)76-41-36-63(50-83(76)96)60-29-21-17-22-30-60/h16-57H,1-15H3/i17D,21D,22D,25D,26D,29D,30D,33D,34D,36D,41D,50D. The van der Waals surface area contributed by atoms with Crippen LogP contribution in [0, 0.1) is 11.3 Å². The van der Waals surface area contributed by atoms with E-state index in [4.69, 9.17) is 5.48 Å². The van der Waals surface area contributed by atoms with Gasteiger partial charge in [-0.15, -0.1) is 0 Å². The van der Waals surface area contributed by atoms with Gasteiger partial charge in [-0.2, -0.15) is 5.26 Å². The van der Waals surface area contributed by atoms with E-state index in [1.807, 2.05) is 12.1 Å². The Balaban J connectivity index is 1.10. The van der Waals surface area contributed by atoms with Gasteiger partial charge in [0.05, 0.1) is 44.4 Å². The highest BCUT2D eigenvalue weighted by Gasteiger charge is 2.45. The van der Waals surface area contributed by atoms with Gasteiger partial charge in [0.25, 0.3) is 6.71 Å². The van der Waals surface area contributed by atoms with Crippen molar-refractivity contribution in [3.8, 4) is 67.4 Å². The minimum absolute atomic E-state index is 0.137. The molecule has 2 aliphatic rings. The number of nitriles is 1. The van der Waals surface area contributed by atoms with E-state index in [1.165, 1.54) is 15.7 Å². The van der Waals surface area contributed by atoms with Gasteiger partial charge in [-0.1, -0.05) is 292 Å². The minimum atomic E-state index is -0.713. The molecule has 13 aromatic rings. The summed E-state index contributed by atoms with van der Waals surface area (Å²) in [5.74, 6) is 0. The first-order chi connectivity index (χ1) is 51.7. The summed E-state index contributed by atoms with van der Waals surface area (Å²) in [6.07, 6.45) is 0. The maximum Gasteiger partial charge on any atom is 0.252 e. The van der Waals surface area contributed by atoms with Gasteiger partial charge in [0.1, 0.15) is 6.07 Å². The third-order valence-corrected chi connectivity index (χ3v) is 19.9. The molecule has 482 valence electrons. The van der Waals surface area contributed by atoms with Crippen molar-refractivity contribution in [1.29, 1.82) is 5.26 Å². The number of rotatable bonds is 8. The molecule has 15 rings (SSSR count). The Morgan fingerprint density at radius 3 is 1.34 bits per heavy atom. The summed E-state index contributed by atoms with van der Waals surface area (Å²) in [5, 5.41) is 11.7. The first kappa shape index (κ1) is 50.9. The highest BCUT2D eigenvalue weighted by Crippen LogP contribution is 2.52. The lowest BCUT2D eigenvalue weighted by atomic mass is 9.33. The molecular weight excluding hydrogens is 1180 g/mol. The molecule has 0 atom stereocenters. The summed E-state index contributed by atoms with van der Waals surface area (Å²) in [7, 11) is 0. The van der Waals surface area contributed by atoms with Crippen LogP contribution in [0.5, 0.6) is 0 Å². The molecule has 0 unspecified atom stereocenters. The molecule has 4 nitrogen and oxygen atoms in total. The van der Waals surface area contributed by atoms with E-state index >= 15 is 0 Å². The molecule has 12 aromatic carbocycles. The van der Waals surface area contributed by atoms with E-state index in [1.54, 1.807) is 18.2 Å². The van der Waals surface area contributed by atoms with Gasteiger partial charge in [0, 0.05) is 44.8 Å². The van der Waals surface area contributed by atoms with Crippen LogP contribution in [0.4, 0.5) is 34.1 Å². The van der Waals surface area contributed by atoms with Crippen LogP contribution in [0.15, 0.2) is 255 Å². The van der Waals surface area contributed by atoms with Crippen LogP contribution in [0.1, 0.15) is 154 Å². The van der Waals surface area contributed by atoms with Crippen molar-refractivity contribution in [1.82, 2.24) is 4.57 Å². The van der Waals surface area contributed by atoms with Crippen LogP contribution in [-0.2, 0) is 27.1 Å². The SMILES string of the molecule is [2H]c1c([2H])c([2H])c(-c2c([2H])c([2H])c3c4c([2H])c([2H])c([2H])c([2H])c4n(-c4ccc(C#N)c(N5c6cc(-c7cc(C(C)(C)C)cc(C(C)(C)C)c7)ccc6B6c7ccc(-c8cc(C(C)(C)C)cc(C(C)(C)C)c8)cc7N(c7ccc(-c8ccccc8)cc7-c7ccccc7)c7cc(C(C)(C)C)cc5c76)c4)c3c2[2H])c([2H])c1[2H]. The Labute approximate surface area is 598 Å². The van der Waals surface area contributed by atoms with Crippen LogP contribution in [0.25, 0.3) is 83.1 Å². The molecule has 98 heavy (non-hydrogen) atoms. The number of anilines is 6. The summed E-state index contributed by atoms with van der Waals surface area (Å²) in [4.78, 5) is 4.63. The van der Waals surface area contributed by atoms with Crippen LogP contribution in [0.3, 0.4) is 0 Å². The largest absolute Gasteiger partial charge is 0.311 e. The minimum Gasteiger partial charge on any atom is -0.311 e. The Hall–Kier alpha value is -10.4. The average molecular weight is 1280 g/mol. The molecule has 5 heteroatoms. The van der Waals surface area contributed by atoms with Crippen molar-refractivity contribution < 1.29 is 16.4 Å². The second-order valence-corrected chi connectivity index (χ2v) is 31.7. The normalized spacial score (nSPS) is 14.9. The Morgan fingerprint density at radius 2 is 0.806 bits per heavy atom. The van der Waals surface area contributed by atoms with Crippen molar-refractivity contribution in [2.24, 2.45) is 0 Å². The first-order valence-corrected chi connectivity index (χ1v) is 34.0. The van der Waals surface area contributed by atoms with Gasteiger partial charge in [-0.25, -0.2) is 0 Å². The van der Waals surface area contributed by atoms with Crippen LogP contribution in [0.2, 0.25) is 0 Å². The van der Waals surface area contributed by atoms with Crippen LogP contribution < -0.4 is 26.2 Å². The van der Waals surface area contributed by atoms with Gasteiger partial charge >= 0.3 is 0 Å². The van der Waals surface area contributed by atoms with Gasteiger partial charge in [0.15, 0.2) is 0 Å². The Kier molecular flexibility index (Phi) is 12.2. The van der Waals surface area contributed by atoms with E-state index in [9.17, 15) is 16.2 Å². The summed E-state index contributed by atoms with van der Waals surface area (Å²) in [6.45, 7) is 33.1. The van der Waals surface area contributed by atoms with Gasteiger partial charge in [0.2, 0.25) is 0 Å². The van der Waals surface area contributed by atoms with Crippen LogP contribution in [-0.4, -0.2) is 11.3 Å². The summed E-state index contributed by atoms with van der Waals surface area (Å²) in [6, 6.07) is 60.0. The molecule has 0 spiro atoms. The number of nitrogens with zero attached hydrogens (tertiary/aromatic N) is 4. The average Bonchev–Trinajstić information content (AvgIpc) is 0.966. The maximum atomic E-state index is 12.0. The molecule has 0 aliphatic carbocycles. The fourth-order valence-electron chi connectivity index (χ4n) is 14.2. The second-order valence-electron chi connectivity index (χ2n) is 31.7. The smallest absolute Gasteiger partial charge is 0.252 e. The van der Waals surface area contributed by atoms with E-state index < -0.39 is 95.8 Å². The molecule has 3 heterocycles. The third kappa shape index (κ3) is 11.2. The molecule has 0 saturated heterocycles. The summed E-state index contributed by atoms with van der Waals surface area (Å²) in [5.41, 5.74) is 19.3. The number of para-hydroxylation sites is 1. The molecule has 0 amide bonds. The van der Waals surface area contributed by atoms with Gasteiger partial charge in [-0.05, 0) is 188 Å². The van der Waals surface area contributed by atoms with Crippen molar-refractivity contribution in [2.45, 2.75) is 131 Å².